The standard InChI is InChI=1S/C15H32N2O/c1-8-9-14(4,5)11-17-15(6,10-12(2)3)13(18)16-7/h12,17H,8-11H2,1-7H3,(H,16,18). The molecule has 1 atom stereocenters. The van der Waals surface area contributed by atoms with Gasteiger partial charge in [-0.3, -0.25) is 4.79 Å². The smallest absolute Gasteiger partial charge is 0.239 e. The zero-order valence-corrected chi connectivity index (χ0v) is 13.3. The van der Waals surface area contributed by atoms with Gasteiger partial charge in [-0.15, -0.1) is 0 Å². The molecule has 0 aliphatic heterocycles. The molecule has 2 N–H and O–H groups in total. The van der Waals surface area contributed by atoms with E-state index in [1.165, 1.54) is 12.8 Å². The van der Waals surface area contributed by atoms with E-state index in [1.54, 1.807) is 7.05 Å². The lowest BCUT2D eigenvalue weighted by atomic mass is 9.84. The van der Waals surface area contributed by atoms with E-state index in [0.717, 1.165) is 13.0 Å². The maximum Gasteiger partial charge on any atom is 0.239 e. The molecule has 0 rings (SSSR count). The predicted molar refractivity (Wildman–Crippen MR) is 78.6 cm³/mol. The second kappa shape index (κ2) is 7.13. The highest BCUT2D eigenvalue weighted by Crippen LogP contribution is 2.24. The molecular formula is C15H32N2O. The minimum atomic E-state index is -0.464. The Morgan fingerprint density at radius 2 is 1.78 bits per heavy atom. The van der Waals surface area contributed by atoms with Crippen LogP contribution in [0.15, 0.2) is 0 Å². The third-order valence-corrected chi connectivity index (χ3v) is 3.43. The number of nitrogens with one attached hydrogen (secondary N) is 2. The molecule has 0 spiro atoms. The van der Waals surface area contributed by atoms with Crippen molar-refractivity contribution in [2.24, 2.45) is 11.3 Å². The minimum Gasteiger partial charge on any atom is -0.358 e. The van der Waals surface area contributed by atoms with Gasteiger partial charge in [0.15, 0.2) is 0 Å². The van der Waals surface area contributed by atoms with Crippen LogP contribution in [0.2, 0.25) is 0 Å². The fourth-order valence-corrected chi connectivity index (χ4v) is 2.54. The van der Waals surface area contributed by atoms with Crippen molar-refractivity contribution in [3.63, 3.8) is 0 Å². The molecule has 18 heavy (non-hydrogen) atoms. The summed E-state index contributed by atoms with van der Waals surface area (Å²) in [5, 5.41) is 6.27. The second-order valence-electron chi connectivity index (χ2n) is 6.78. The molecule has 0 saturated carbocycles. The second-order valence-corrected chi connectivity index (χ2v) is 6.78. The van der Waals surface area contributed by atoms with Crippen molar-refractivity contribution in [2.45, 2.75) is 66.3 Å². The summed E-state index contributed by atoms with van der Waals surface area (Å²) in [6, 6.07) is 0. The van der Waals surface area contributed by atoms with Crippen LogP contribution in [0.3, 0.4) is 0 Å². The van der Waals surface area contributed by atoms with Gasteiger partial charge >= 0.3 is 0 Å². The van der Waals surface area contributed by atoms with E-state index in [0.29, 0.717) is 5.92 Å². The quantitative estimate of drug-likeness (QED) is 0.701. The molecule has 0 aliphatic rings. The van der Waals surface area contributed by atoms with Crippen LogP contribution in [-0.2, 0) is 4.79 Å². The average molecular weight is 256 g/mol. The van der Waals surface area contributed by atoms with Crippen LogP contribution in [0, 0.1) is 11.3 Å². The van der Waals surface area contributed by atoms with Gasteiger partial charge < -0.3 is 10.6 Å². The predicted octanol–water partition coefficient (Wildman–Crippen LogP) is 2.95. The molecule has 0 bridgehead atoms. The van der Waals surface area contributed by atoms with Crippen LogP contribution >= 0.6 is 0 Å². The van der Waals surface area contributed by atoms with Gasteiger partial charge in [0.25, 0.3) is 0 Å². The van der Waals surface area contributed by atoms with Crippen molar-refractivity contribution < 1.29 is 4.79 Å². The van der Waals surface area contributed by atoms with Crippen molar-refractivity contribution in [1.82, 2.24) is 10.6 Å². The number of likely N-dealkylation sites (N-methyl/N-ethyl adjacent to an activating group) is 1. The molecule has 0 radical (unpaired) electrons. The van der Waals surface area contributed by atoms with Gasteiger partial charge in [-0.05, 0) is 31.1 Å². The SMILES string of the molecule is CCCC(C)(C)CNC(C)(CC(C)C)C(=O)NC. The summed E-state index contributed by atoms with van der Waals surface area (Å²) < 4.78 is 0. The van der Waals surface area contributed by atoms with E-state index in [2.05, 4.69) is 45.3 Å². The van der Waals surface area contributed by atoms with Crippen LogP contribution in [-0.4, -0.2) is 25.0 Å². The third-order valence-electron chi connectivity index (χ3n) is 3.43. The fraction of sp³-hybridized carbons (Fsp3) is 0.933. The summed E-state index contributed by atoms with van der Waals surface area (Å²) in [7, 11) is 1.71. The Labute approximate surface area is 113 Å². The minimum absolute atomic E-state index is 0.0866. The number of carbonyl (C=O) groups excluding carboxylic acids is 1. The Kier molecular flexibility index (Phi) is 6.90. The summed E-state index contributed by atoms with van der Waals surface area (Å²) in [6.45, 7) is 13.9. The first-order valence-electron chi connectivity index (χ1n) is 7.14. The molecule has 1 amide bonds. The molecule has 0 heterocycles. The van der Waals surface area contributed by atoms with E-state index in [1.807, 2.05) is 6.92 Å². The molecule has 0 aromatic heterocycles. The lowest BCUT2D eigenvalue weighted by Crippen LogP contribution is -2.56. The summed E-state index contributed by atoms with van der Waals surface area (Å²) in [5.41, 5.74) is -0.227. The number of rotatable bonds is 8. The van der Waals surface area contributed by atoms with Crippen LogP contribution in [0.5, 0.6) is 0 Å². The topological polar surface area (TPSA) is 41.1 Å². The van der Waals surface area contributed by atoms with Gasteiger partial charge in [-0.1, -0.05) is 41.0 Å². The highest BCUT2D eigenvalue weighted by molar-refractivity contribution is 5.85. The molecule has 0 aromatic rings. The van der Waals surface area contributed by atoms with Crippen LogP contribution in [0.25, 0.3) is 0 Å². The monoisotopic (exact) mass is 256 g/mol. The summed E-state index contributed by atoms with van der Waals surface area (Å²) in [4.78, 5) is 12.1. The lowest BCUT2D eigenvalue weighted by molar-refractivity contribution is -0.127. The van der Waals surface area contributed by atoms with E-state index in [-0.39, 0.29) is 11.3 Å². The maximum absolute atomic E-state index is 12.1. The van der Waals surface area contributed by atoms with Gasteiger partial charge in [-0.2, -0.15) is 0 Å². The Bertz CT molecular complexity index is 261. The maximum atomic E-state index is 12.1. The number of amides is 1. The van der Waals surface area contributed by atoms with E-state index >= 15 is 0 Å². The highest BCUT2D eigenvalue weighted by atomic mass is 16.2. The molecule has 3 nitrogen and oxygen atoms in total. The molecule has 1 unspecified atom stereocenters. The molecule has 0 saturated heterocycles. The van der Waals surface area contributed by atoms with E-state index < -0.39 is 5.54 Å². The van der Waals surface area contributed by atoms with Crippen molar-refractivity contribution >= 4 is 5.91 Å². The molecule has 3 heteroatoms. The van der Waals surface area contributed by atoms with E-state index in [4.69, 9.17) is 0 Å². The van der Waals surface area contributed by atoms with Gasteiger partial charge in [0, 0.05) is 13.6 Å². The average Bonchev–Trinajstić information content (AvgIpc) is 2.24. The van der Waals surface area contributed by atoms with Gasteiger partial charge in [-0.25, -0.2) is 0 Å². The fourth-order valence-electron chi connectivity index (χ4n) is 2.54. The Hall–Kier alpha value is -0.570. The number of carbonyl (C=O) groups is 1. The number of hydrogen-bond acceptors (Lipinski definition) is 2. The summed E-state index contributed by atoms with van der Waals surface area (Å²) in [6.07, 6.45) is 3.20. The Morgan fingerprint density at radius 3 is 2.17 bits per heavy atom. The highest BCUT2D eigenvalue weighted by Gasteiger charge is 2.34. The van der Waals surface area contributed by atoms with Crippen molar-refractivity contribution in [2.75, 3.05) is 13.6 Å². The molecule has 108 valence electrons. The Balaban J connectivity index is 4.65. The lowest BCUT2D eigenvalue weighted by Gasteiger charge is -2.35. The summed E-state index contributed by atoms with van der Waals surface area (Å²) in [5.74, 6) is 0.581. The molecule has 0 aromatic carbocycles. The van der Waals surface area contributed by atoms with Crippen LogP contribution in [0.4, 0.5) is 0 Å². The Morgan fingerprint density at radius 1 is 1.22 bits per heavy atom. The number of hydrogen-bond donors (Lipinski definition) is 2. The van der Waals surface area contributed by atoms with Crippen LogP contribution < -0.4 is 10.6 Å². The van der Waals surface area contributed by atoms with Gasteiger partial charge in [0.05, 0.1) is 5.54 Å². The molecule has 0 aliphatic carbocycles. The third kappa shape index (κ3) is 5.85. The molecule has 0 fully saturated rings. The van der Waals surface area contributed by atoms with Crippen LogP contribution in [0.1, 0.15) is 60.8 Å². The first kappa shape index (κ1) is 17.4. The van der Waals surface area contributed by atoms with E-state index in [9.17, 15) is 4.79 Å². The summed E-state index contributed by atoms with van der Waals surface area (Å²) >= 11 is 0. The van der Waals surface area contributed by atoms with Gasteiger partial charge in [0.2, 0.25) is 5.91 Å². The molecular weight excluding hydrogens is 224 g/mol. The first-order chi connectivity index (χ1) is 8.17. The van der Waals surface area contributed by atoms with Gasteiger partial charge in [0.1, 0.15) is 0 Å². The zero-order valence-electron chi connectivity index (χ0n) is 13.3. The largest absolute Gasteiger partial charge is 0.358 e. The normalized spacial score (nSPS) is 15.6. The zero-order chi connectivity index (χ0) is 14.4. The van der Waals surface area contributed by atoms with Crippen molar-refractivity contribution in [1.29, 1.82) is 0 Å². The first-order valence-corrected chi connectivity index (χ1v) is 7.14. The van der Waals surface area contributed by atoms with Crippen molar-refractivity contribution in [3.05, 3.63) is 0 Å². The van der Waals surface area contributed by atoms with Crippen molar-refractivity contribution in [3.8, 4) is 0 Å².